The zero-order valence-electron chi connectivity index (χ0n) is 12.8. The molecule has 0 atom stereocenters. The van der Waals surface area contributed by atoms with Gasteiger partial charge in [0.15, 0.2) is 5.82 Å². The van der Waals surface area contributed by atoms with Crippen molar-refractivity contribution in [3.8, 4) is 0 Å². The molecule has 1 amide bonds. The fraction of sp³-hybridized carbons (Fsp3) is 0.733. The molecule has 2 heterocycles. The van der Waals surface area contributed by atoms with Gasteiger partial charge in [-0.15, -0.1) is 0 Å². The van der Waals surface area contributed by atoms with Gasteiger partial charge in [0.1, 0.15) is 10.6 Å². The molecule has 3 N–H and O–H groups in total. The Hall–Kier alpha value is -1.30. The summed E-state index contributed by atoms with van der Waals surface area (Å²) in [6.07, 6.45) is 5.69. The Morgan fingerprint density at radius 2 is 2.14 bits per heavy atom. The quantitative estimate of drug-likeness (QED) is 0.897. The van der Waals surface area contributed by atoms with Crippen LogP contribution < -0.4 is 16.0 Å². The fourth-order valence-corrected chi connectivity index (χ4v) is 3.67. The van der Waals surface area contributed by atoms with Gasteiger partial charge in [0.2, 0.25) is 0 Å². The Morgan fingerprint density at radius 1 is 1.48 bits per heavy atom. The molecule has 0 bridgehead atoms. The SMILES string of the molecule is CCC1(C)CCN(c2snc(N)c2C(=O)NC2CC2)CC1. The molecule has 2 aliphatic rings. The van der Waals surface area contributed by atoms with E-state index in [-0.39, 0.29) is 5.91 Å². The van der Waals surface area contributed by atoms with Crippen LogP contribution in [0.3, 0.4) is 0 Å². The van der Waals surface area contributed by atoms with Gasteiger partial charge in [0.25, 0.3) is 5.91 Å². The average Bonchev–Trinajstić information content (AvgIpc) is 3.20. The minimum absolute atomic E-state index is 0.0532. The predicted octanol–water partition coefficient (Wildman–Crippen LogP) is 2.63. The number of nitrogen functional groups attached to an aromatic ring is 1. The lowest BCUT2D eigenvalue weighted by Gasteiger charge is -2.39. The Balaban J connectivity index is 1.75. The van der Waals surface area contributed by atoms with E-state index in [9.17, 15) is 4.79 Å². The summed E-state index contributed by atoms with van der Waals surface area (Å²) in [4.78, 5) is 14.7. The second-order valence-electron chi connectivity index (χ2n) is 6.65. The molecule has 0 radical (unpaired) electrons. The van der Waals surface area contributed by atoms with Crippen LogP contribution in [0.25, 0.3) is 0 Å². The number of rotatable bonds is 4. The number of anilines is 2. The van der Waals surface area contributed by atoms with Crippen molar-refractivity contribution in [2.75, 3.05) is 23.7 Å². The summed E-state index contributed by atoms with van der Waals surface area (Å²) < 4.78 is 4.21. The first-order valence-electron chi connectivity index (χ1n) is 7.83. The molecule has 6 heteroatoms. The van der Waals surface area contributed by atoms with Crippen molar-refractivity contribution in [3.05, 3.63) is 5.56 Å². The highest BCUT2D eigenvalue weighted by molar-refractivity contribution is 7.11. The van der Waals surface area contributed by atoms with E-state index in [0.29, 0.717) is 22.8 Å². The number of nitrogens with one attached hydrogen (secondary N) is 1. The van der Waals surface area contributed by atoms with Gasteiger partial charge < -0.3 is 16.0 Å². The van der Waals surface area contributed by atoms with E-state index in [1.807, 2.05) is 0 Å². The van der Waals surface area contributed by atoms with Crippen LogP contribution in [0.15, 0.2) is 0 Å². The molecule has 0 aromatic carbocycles. The molecule has 1 aromatic rings. The third-order valence-corrected chi connectivity index (χ3v) is 5.87. The Morgan fingerprint density at radius 3 is 2.71 bits per heavy atom. The lowest BCUT2D eigenvalue weighted by atomic mass is 9.78. The van der Waals surface area contributed by atoms with Crippen LogP contribution in [0.4, 0.5) is 10.8 Å². The van der Waals surface area contributed by atoms with Crippen LogP contribution in [-0.4, -0.2) is 29.4 Å². The first-order chi connectivity index (χ1) is 10.0. The molecule has 116 valence electrons. The van der Waals surface area contributed by atoms with Crippen LogP contribution in [0.2, 0.25) is 0 Å². The fourth-order valence-electron chi connectivity index (χ4n) is 2.81. The molecule has 0 spiro atoms. The normalized spacial score (nSPS) is 21.3. The van der Waals surface area contributed by atoms with E-state index in [1.165, 1.54) is 18.0 Å². The highest BCUT2D eigenvalue weighted by Crippen LogP contribution is 2.39. The van der Waals surface area contributed by atoms with Gasteiger partial charge in [-0.05, 0) is 42.6 Å². The minimum Gasteiger partial charge on any atom is -0.382 e. The van der Waals surface area contributed by atoms with E-state index < -0.39 is 0 Å². The summed E-state index contributed by atoms with van der Waals surface area (Å²) in [7, 11) is 0. The third-order valence-electron chi connectivity index (χ3n) is 4.95. The van der Waals surface area contributed by atoms with Gasteiger partial charge in [-0.3, -0.25) is 4.79 Å². The number of amides is 1. The topological polar surface area (TPSA) is 71.2 Å². The van der Waals surface area contributed by atoms with Crippen molar-refractivity contribution in [2.45, 2.75) is 52.0 Å². The summed E-state index contributed by atoms with van der Waals surface area (Å²) in [6.45, 7) is 6.58. The Labute approximate surface area is 130 Å². The molecule has 3 rings (SSSR count). The van der Waals surface area contributed by atoms with Crippen LogP contribution in [0.1, 0.15) is 56.3 Å². The number of nitrogens with two attached hydrogens (primary N) is 1. The van der Waals surface area contributed by atoms with Crippen molar-refractivity contribution in [1.29, 1.82) is 0 Å². The largest absolute Gasteiger partial charge is 0.382 e. The Bertz CT molecular complexity index is 530. The van der Waals surface area contributed by atoms with Crippen molar-refractivity contribution < 1.29 is 4.79 Å². The van der Waals surface area contributed by atoms with E-state index in [1.54, 1.807) is 0 Å². The maximum Gasteiger partial charge on any atom is 0.258 e. The number of carbonyl (C=O) groups excluding carboxylic acids is 1. The summed E-state index contributed by atoms with van der Waals surface area (Å²) in [5.41, 5.74) is 6.96. The summed E-state index contributed by atoms with van der Waals surface area (Å²) in [5.74, 6) is 0.319. The molecule has 1 aliphatic carbocycles. The molecule has 1 saturated heterocycles. The average molecular weight is 308 g/mol. The molecule has 21 heavy (non-hydrogen) atoms. The minimum atomic E-state index is -0.0532. The van der Waals surface area contributed by atoms with Gasteiger partial charge in [0.05, 0.1) is 0 Å². The van der Waals surface area contributed by atoms with E-state index in [0.717, 1.165) is 43.8 Å². The maximum absolute atomic E-state index is 12.4. The molecule has 1 aromatic heterocycles. The molecule has 0 unspecified atom stereocenters. The van der Waals surface area contributed by atoms with Crippen molar-refractivity contribution in [3.63, 3.8) is 0 Å². The smallest absolute Gasteiger partial charge is 0.258 e. The first kappa shape index (κ1) is 14.6. The van der Waals surface area contributed by atoms with Gasteiger partial charge >= 0.3 is 0 Å². The highest BCUT2D eigenvalue weighted by atomic mass is 32.1. The monoisotopic (exact) mass is 308 g/mol. The number of nitrogens with zero attached hydrogens (tertiary/aromatic N) is 2. The molecular weight excluding hydrogens is 284 g/mol. The van der Waals surface area contributed by atoms with Gasteiger partial charge in [0, 0.05) is 19.1 Å². The first-order valence-corrected chi connectivity index (χ1v) is 8.61. The highest BCUT2D eigenvalue weighted by Gasteiger charge is 2.33. The van der Waals surface area contributed by atoms with Crippen LogP contribution in [0.5, 0.6) is 0 Å². The molecule has 2 fully saturated rings. The van der Waals surface area contributed by atoms with Crippen LogP contribution in [-0.2, 0) is 0 Å². The Kier molecular flexibility index (Phi) is 3.82. The zero-order chi connectivity index (χ0) is 15.0. The van der Waals surface area contributed by atoms with E-state index in [2.05, 4.69) is 28.4 Å². The van der Waals surface area contributed by atoms with Crippen molar-refractivity contribution in [1.82, 2.24) is 9.69 Å². The molecule has 5 nitrogen and oxygen atoms in total. The van der Waals surface area contributed by atoms with Gasteiger partial charge in [-0.1, -0.05) is 20.3 Å². The lowest BCUT2D eigenvalue weighted by Crippen LogP contribution is -2.39. The van der Waals surface area contributed by atoms with Crippen molar-refractivity contribution in [2.24, 2.45) is 5.41 Å². The number of hydrogen-bond acceptors (Lipinski definition) is 5. The van der Waals surface area contributed by atoms with E-state index in [4.69, 9.17) is 5.73 Å². The van der Waals surface area contributed by atoms with Crippen LogP contribution in [0, 0.1) is 5.41 Å². The van der Waals surface area contributed by atoms with E-state index >= 15 is 0 Å². The second kappa shape index (κ2) is 5.48. The number of aromatic nitrogens is 1. The van der Waals surface area contributed by atoms with Crippen LogP contribution >= 0.6 is 11.5 Å². The number of piperidine rings is 1. The number of hydrogen-bond donors (Lipinski definition) is 2. The molecular formula is C15H24N4OS. The third kappa shape index (κ3) is 3.00. The lowest BCUT2D eigenvalue weighted by molar-refractivity contribution is 0.0952. The van der Waals surface area contributed by atoms with Gasteiger partial charge in [-0.25, -0.2) is 0 Å². The van der Waals surface area contributed by atoms with Gasteiger partial charge in [-0.2, -0.15) is 4.37 Å². The summed E-state index contributed by atoms with van der Waals surface area (Å²) in [6, 6.07) is 0.342. The second-order valence-corrected chi connectivity index (χ2v) is 7.40. The zero-order valence-corrected chi connectivity index (χ0v) is 13.6. The standard InChI is InChI=1S/C15H24N4OS/c1-3-15(2)6-8-19(9-7-15)14-11(12(16)18-21-14)13(20)17-10-4-5-10/h10H,3-9H2,1-2H3,(H2,16,18)(H,17,20). The molecule has 1 aliphatic heterocycles. The maximum atomic E-state index is 12.4. The van der Waals surface area contributed by atoms with Crippen molar-refractivity contribution >= 4 is 28.3 Å². The molecule has 1 saturated carbocycles. The summed E-state index contributed by atoms with van der Waals surface area (Å²) >= 11 is 1.36. The predicted molar refractivity (Wildman–Crippen MR) is 86.9 cm³/mol. The number of carbonyl (C=O) groups is 1. The summed E-state index contributed by atoms with van der Waals surface area (Å²) in [5, 5.41) is 3.97.